The van der Waals surface area contributed by atoms with E-state index in [9.17, 15) is 5.11 Å². The number of hydrogen-bond donors (Lipinski definition) is 1. The van der Waals surface area contributed by atoms with Crippen molar-refractivity contribution in [1.29, 1.82) is 0 Å². The number of rotatable bonds is 5. The molecule has 1 N–H and O–H groups in total. The number of likely N-dealkylation sites (N-methyl/N-ethyl adjacent to an activating group) is 1. The van der Waals surface area contributed by atoms with Gasteiger partial charge < -0.3 is 10.0 Å². The van der Waals surface area contributed by atoms with E-state index in [1.807, 2.05) is 0 Å². The molecule has 0 aromatic heterocycles. The Morgan fingerprint density at radius 1 is 1.29 bits per heavy atom. The maximum Gasteiger partial charge on any atom is 0.0726 e. The van der Waals surface area contributed by atoms with Gasteiger partial charge in [-0.15, -0.1) is 0 Å². The highest BCUT2D eigenvalue weighted by molar-refractivity contribution is 4.98. The predicted octanol–water partition coefficient (Wildman–Crippen LogP) is 3.29. The third-order valence-electron chi connectivity index (χ3n) is 4.97. The summed E-state index contributed by atoms with van der Waals surface area (Å²) in [6.07, 6.45) is 6.77. The molecule has 0 aliphatic heterocycles. The van der Waals surface area contributed by atoms with Gasteiger partial charge in [-0.2, -0.15) is 0 Å². The van der Waals surface area contributed by atoms with Crippen molar-refractivity contribution < 1.29 is 5.11 Å². The van der Waals surface area contributed by atoms with Crippen molar-refractivity contribution in [3.63, 3.8) is 0 Å². The number of aliphatic hydroxyl groups is 1. The normalized spacial score (nSPS) is 33.7. The third-order valence-corrected chi connectivity index (χ3v) is 4.97. The Morgan fingerprint density at radius 2 is 1.82 bits per heavy atom. The highest BCUT2D eigenvalue weighted by Gasteiger charge is 2.42. The Kier molecular flexibility index (Phi) is 5.46. The lowest BCUT2D eigenvalue weighted by Crippen LogP contribution is -2.55. The minimum absolute atomic E-state index is 0.0376. The molecular weight excluding hydrogens is 210 g/mol. The van der Waals surface area contributed by atoms with Crippen LogP contribution in [-0.4, -0.2) is 35.7 Å². The summed E-state index contributed by atoms with van der Waals surface area (Å²) in [5.74, 6) is 1.46. The summed E-state index contributed by atoms with van der Waals surface area (Å²) in [6, 6.07) is 0. The van der Waals surface area contributed by atoms with Gasteiger partial charge in [0, 0.05) is 5.54 Å². The summed E-state index contributed by atoms with van der Waals surface area (Å²) in [5, 5.41) is 10.6. The van der Waals surface area contributed by atoms with Crippen LogP contribution in [0.1, 0.15) is 59.3 Å². The quantitative estimate of drug-likeness (QED) is 0.798. The molecule has 1 rings (SSSR count). The lowest BCUT2D eigenvalue weighted by Gasteiger charge is -2.48. The minimum Gasteiger partial charge on any atom is -0.391 e. The van der Waals surface area contributed by atoms with E-state index in [1.165, 1.54) is 12.8 Å². The van der Waals surface area contributed by atoms with Gasteiger partial charge in [-0.05, 0) is 58.0 Å². The van der Waals surface area contributed by atoms with E-state index in [4.69, 9.17) is 0 Å². The molecule has 2 atom stereocenters. The predicted molar refractivity (Wildman–Crippen MR) is 74.1 cm³/mol. The SMILES string of the molecule is CCC(C)CC(O)C1(N(C)C)CCC(C)CC1. The molecule has 17 heavy (non-hydrogen) atoms. The molecule has 0 saturated heterocycles. The molecule has 0 amide bonds. The lowest BCUT2D eigenvalue weighted by molar-refractivity contribution is -0.0487. The standard InChI is InChI=1S/C15H31NO/c1-6-12(2)11-14(17)15(16(4)5)9-7-13(3)8-10-15/h12-14,17H,6-11H2,1-5H3. The second-order valence-electron chi connectivity index (χ2n) is 6.45. The molecule has 0 aromatic rings. The topological polar surface area (TPSA) is 23.5 Å². The highest BCUT2D eigenvalue weighted by atomic mass is 16.3. The molecular formula is C15H31NO. The molecule has 0 radical (unpaired) electrons. The van der Waals surface area contributed by atoms with Crippen LogP contribution in [0.3, 0.4) is 0 Å². The van der Waals surface area contributed by atoms with Crippen molar-refractivity contribution in [3.8, 4) is 0 Å². The van der Waals surface area contributed by atoms with Gasteiger partial charge in [0.15, 0.2) is 0 Å². The van der Waals surface area contributed by atoms with Crippen molar-refractivity contribution in [3.05, 3.63) is 0 Å². The fourth-order valence-electron chi connectivity index (χ4n) is 3.11. The van der Waals surface area contributed by atoms with Crippen molar-refractivity contribution >= 4 is 0 Å². The average Bonchev–Trinajstić information content (AvgIpc) is 2.29. The van der Waals surface area contributed by atoms with Crippen molar-refractivity contribution in [1.82, 2.24) is 4.90 Å². The van der Waals surface area contributed by atoms with Crippen LogP contribution in [0.2, 0.25) is 0 Å². The minimum atomic E-state index is -0.167. The van der Waals surface area contributed by atoms with Gasteiger partial charge in [0.05, 0.1) is 6.10 Å². The molecule has 0 bridgehead atoms. The van der Waals surface area contributed by atoms with E-state index < -0.39 is 0 Å². The monoisotopic (exact) mass is 241 g/mol. The van der Waals surface area contributed by atoms with Crippen molar-refractivity contribution in [2.45, 2.75) is 70.9 Å². The number of nitrogens with zero attached hydrogens (tertiary/aromatic N) is 1. The van der Waals surface area contributed by atoms with Gasteiger partial charge >= 0.3 is 0 Å². The van der Waals surface area contributed by atoms with Crippen LogP contribution in [0.5, 0.6) is 0 Å². The van der Waals surface area contributed by atoms with Crippen LogP contribution in [0.15, 0.2) is 0 Å². The van der Waals surface area contributed by atoms with Crippen LogP contribution in [0.4, 0.5) is 0 Å². The van der Waals surface area contributed by atoms with Crippen molar-refractivity contribution in [2.24, 2.45) is 11.8 Å². The first-order valence-corrected chi connectivity index (χ1v) is 7.28. The van der Waals surface area contributed by atoms with E-state index in [0.29, 0.717) is 5.92 Å². The van der Waals surface area contributed by atoms with E-state index in [1.54, 1.807) is 0 Å². The smallest absolute Gasteiger partial charge is 0.0726 e. The van der Waals surface area contributed by atoms with Gasteiger partial charge in [0.25, 0.3) is 0 Å². The Balaban J connectivity index is 2.70. The fraction of sp³-hybridized carbons (Fsp3) is 1.00. The van der Waals surface area contributed by atoms with Crippen LogP contribution < -0.4 is 0 Å². The van der Waals surface area contributed by atoms with E-state index in [2.05, 4.69) is 39.8 Å². The molecule has 0 aromatic carbocycles. The highest BCUT2D eigenvalue weighted by Crippen LogP contribution is 2.39. The van der Waals surface area contributed by atoms with E-state index >= 15 is 0 Å². The fourth-order valence-corrected chi connectivity index (χ4v) is 3.11. The maximum atomic E-state index is 10.6. The van der Waals surface area contributed by atoms with Crippen LogP contribution >= 0.6 is 0 Å². The molecule has 2 heteroatoms. The first-order chi connectivity index (χ1) is 7.92. The van der Waals surface area contributed by atoms with E-state index in [-0.39, 0.29) is 11.6 Å². The van der Waals surface area contributed by atoms with Crippen LogP contribution in [-0.2, 0) is 0 Å². The summed E-state index contributed by atoms with van der Waals surface area (Å²) in [5.41, 5.74) is 0.0376. The number of hydrogen-bond acceptors (Lipinski definition) is 2. The van der Waals surface area contributed by atoms with Crippen LogP contribution in [0.25, 0.3) is 0 Å². The lowest BCUT2D eigenvalue weighted by atomic mass is 9.71. The van der Waals surface area contributed by atoms with Gasteiger partial charge in [-0.3, -0.25) is 0 Å². The first kappa shape index (κ1) is 15.0. The largest absolute Gasteiger partial charge is 0.391 e. The molecule has 2 nitrogen and oxygen atoms in total. The molecule has 2 unspecified atom stereocenters. The summed E-state index contributed by atoms with van der Waals surface area (Å²) in [6.45, 7) is 6.79. The Labute approximate surface area is 107 Å². The number of aliphatic hydroxyl groups excluding tert-OH is 1. The maximum absolute atomic E-state index is 10.6. The Bertz CT molecular complexity index is 219. The summed E-state index contributed by atoms with van der Waals surface area (Å²) >= 11 is 0. The molecule has 1 aliphatic rings. The molecule has 102 valence electrons. The zero-order valence-corrected chi connectivity index (χ0v) is 12.4. The van der Waals surface area contributed by atoms with Crippen LogP contribution in [0, 0.1) is 11.8 Å². The second kappa shape index (κ2) is 6.19. The second-order valence-corrected chi connectivity index (χ2v) is 6.45. The summed E-state index contributed by atoms with van der Waals surface area (Å²) in [7, 11) is 4.27. The van der Waals surface area contributed by atoms with E-state index in [0.717, 1.165) is 31.6 Å². The zero-order valence-electron chi connectivity index (χ0n) is 12.4. The molecule has 1 saturated carbocycles. The average molecular weight is 241 g/mol. The van der Waals surface area contributed by atoms with Gasteiger partial charge in [-0.25, -0.2) is 0 Å². The Hall–Kier alpha value is -0.0800. The molecule has 1 fully saturated rings. The first-order valence-electron chi connectivity index (χ1n) is 7.28. The Morgan fingerprint density at radius 3 is 2.24 bits per heavy atom. The van der Waals surface area contributed by atoms with Gasteiger partial charge in [-0.1, -0.05) is 27.2 Å². The molecule has 0 spiro atoms. The summed E-state index contributed by atoms with van der Waals surface area (Å²) < 4.78 is 0. The van der Waals surface area contributed by atoms with Gasteiger partial charge in [0.1, 0.15) is 0 Å². The molecule has 0 heterocycles. The van der Waals surface area contributed by atoms with Gasteiger partial charge in [0.2, 0.25) is 0 Å². The zero-order chi connectivity index (χ0) is 13.1. The van der Waals surface area contributed by atoms with Crippen molar-refractivity contribution in [2.75, 3.05) is 14.1 Å². The molecule has 1 aliphatic carbocycles. The third kappa shape index (κ3) is 3.45. The summed E-state index contributed by atoms with van der Waals surface area (Å²) in [4.78, 5) is 2.28.